The topological polar surface area (TPSA) is 65.2 Å². The molecule has 2 aromatic rings. The number of aromatic nitrogens is 1. The van der Waals surface area contributed by atoms with Gasteiger partial charge in [-0.3, -0.25) is 0 Å². The van der Waals surface area contributed by atoms with Crippen LogP contribution in [0.4, 0.5) is 5.00 Å². The van der Waals surface area contributed by atoms with E-state index in [1.807, 2.05) is 6.07 Å². The monoisotopic (exact) mass is 274 g/mol. The summed E-state index contributed by atoms with van der Waals surface area (Å²) in [5.41, 5.74) is 5.85. The van der Waals surface area contributed by atoms with Crippen molar-refractivity contribution in [1.82, 2.24) is 4.98 Å². The number of anilines is 1. The van der Waals surface area contributed by atoms with Crippen molar-refractivity contribution in [3.8, 4) is 9.88 Å². The number of ether oxygens (including phenoxy) is 1. The van der Waals surface area contributed by atoms with E-state index in [4.69, 9.17) is 17.3 Å². The molecule has 4 nitrogen and oxygen atoms in total. The van der Waals surface area contributed by atoms with Crippen molar-refractivity contribution in [3.05, 3.63) is 22.2 Å². The predicted octanol–water partition coefficient (Wildman–Crippen LogP) is 2.89. The predicted molar refractivity (Wildman–Crippen MR) is 66.2 cm³/mol. The van der Waals surface area contributed by atoms with E-state index in [1.54, 1.807) is 6.07 Å². The molecule has 0 unspecified atom stereocenters. The zero-order valence-electron chi connectivity index (χ0n) is 8.19. The van der Waals surface area contributed by atoms with Crippen molar-refractivity contribution >= 4 is 45.2 Å². The van der Waals surface area contributed by atoms with E-state index in [0.29, 0.717) is 14.3 Å². The first-order valence-electron chi connectivity index (χ1n) is 4.22. The minimum absolute atomic E-state index is 0.159. The highest BCUT2D eigenvalue weighted by molar-refractivity contribution is 7.25. The molecule has 0 amide bonds. The highest BCUT2D eigenvalue weighted by Crippen LogP contribution is 2.36. The molecule has 2 aromatic heterocycles. The fraction of sp³-hybridized carbons (Fsp3) is 0.111. The Labute approximate surface area is 105 Å². The number of carbonyl (C=O) groups excluding carboxylic acids is 1. The molecule has 0 aliphatic carbocycles. The Morgan fingerprint density at radius 3 is 2.81 bits per heavy atom. The highest BCUT2D eigenvalue weighted by atomic mass is 35.5. The number of thiazole rings is 1. The van der Waals surface area contributed by atoms with Crippen molar-refractivity contribution in [2.75, 3.05) is 12.8 Å². The summed E-state index contributed by atoms with van der Waals surface area (Å²) in [7, 11) is 1.29. The van der Waals surface area contributed by atoms with Gasteiger partial charge in [0.15, 0.2) is 5.69 Å². The minimum Gasteiger partial charge on any atom is -0.464 e. The number of rotatable bonds is 2. The molecule has 16 heavy (non-hydrogen) atoms. The maximum atomic E-state index is 11.3. The lowest BCUT2D eigenvalue weighted by Crippen LogP contribution is -2.04. The normalized spacial score (nSPS) is 10.4. The van der Waals surface area contributed by atoms with Crippen LogP contribution in [0.15, 0.2) is 12.1 Å². The van der Waals surface area contributed by atoms with Crippen molar-refractivity contribution in [3.63, 3.8) is 0 Å². The summed E-state index contributed by atoms with van der Waals surface area (Å²) < 4.78 is 5.24. The molecule has 0 aliphatic heterocycles. The Morgan fingerprint density at radius 1 is 1.50 bits per heavy atom. The van der Waals surface area contributed by atoms with Gasteiger partial charge in [0.05, 0.1) is 16.3 Å². The third kappa shape index (κ3) is 2.04. The van der Waals surface area contributed by atoms with Crippen LogP contribution < -0.4 is 5.73 Å². The lowest BCUT2D eigenvalue weighted by molar-refractivity contribution is 0.0596. The summed E-state index contributed by atoms with van der Waals surface area (Å²) in [6.07, 6.45) is 0. The fourth-order valence-electron chi connectivity index (χ4n) is 1.11. The third-order valence-electron chi connectivity index (χ3n) is 1.82. The molecular formula is C9H7ClN2O2S2. The maximum Gasteiger partial charge on any atom is 0.359 e. The zero-order chi connectivity index (χ0) is 11.7. The number of nitrogens with zero attached hydrogens (tertiary/aromatic N) is 1. The number of halogens is 1. The molecule has 2 heterocycles. The Morgan fingerprint density at radius 2 is 2.25 bits per heavy atom. The molecule has 0 spiro atoms. The van der Waals surface area contributed by atoms with Crippen molar-refractivity contribution in [1.29, 1.82) is 0 Å². The molecule has 0 aromatic carbocycles. The quantitative estimate of drug-likeness (QED) is 0.855. The maximum absolute atomic E-state index is 11.3. The van der Waals surface area contributed by atoms with Gasteiger partial charge < -0.3 is 10.5 Å². The molecule has 0 radical (unpaired) electrons. The first-order valence-corrected chi connectivity index (χ1v) is 6.23. The number of carbonyl (C=O) groups is 1. The number of nitrogen functional groups attached to an aromatic ring is 1. The Balaban J connectivity index is 2.41. The number of methoxy groups -OCH3 is 1. The summed E-state index contributed by atoms with van der Waals surface area (Å²) in [5.74, 6) is -0.525. The SMILES string of the molecule is COC(=O)c1nc(-c2ccc(Cl)s2)sc1N. The number of esters is 1. The van der Waals surface area contributed by atoms with Gasteiger partial charge in [-0.2, -0.15) is 0 Å². The first kappa shape index (κ1) is 11.4. The van der Waals surface area contributed by atoms with Crippen LogP contribution in [0.25, 0.3) is 9.88 Å². The van der Waals surface area contributed by atoms with Gasteiger partial charge in [0.1, 0.15) is 10.0 Å². The van der Waals surface area contributed by atoms with Crippen LogP contribution in [0, 0.1) is 0 Å². The number of hydrogen-bond acceptors (Lipinski definition) is 6. The van der Waals surface area contributed by atoms with Crippen LogP contribution in [0.2, 0.25) is 4.34 Å². The van der Waals surface area contributed by atoms with Gasteiger partial charge in [-0.15, -0.1) is 11.3 Å². The van der Waals surface area contributed by atoms with Crippen molar-refractivity contribution < 1.29 is 9.53 Å². The second-order valence-corrected chi connectivity index (χ2v) is 5.57. The van der Waals surface area contributed by atoms with E-state index in [-0.39, 0.29) is 5.69 Å². The Kier molecular flexibility index (Phi) is 3.13. The van der Waals surface area contributed by atoms with Crippen LogP contribution in [-0.4, -0.2) is 18.1 Å². The highest BCUT2D eigenvalue weighted by Gasteiger charge is 2.18. The smallest absolute Gasteiger partial charge is 0.359 e. The average molecular weight is 275 g/mol. The van der Waals surface area contributed by atoms with Crippen molar-refractivity contribution in [2.45, 2.75) is 0 Å². The molecule has 0 atom stereocenters. The molecular weight excluding hydrogens is 268 g/mol. The van der Waals surface area contributed by atoms with Gasteiger partial charge in [-0.05, 0) is 12.1 Å². The van der Waals surface area contributed by atoms with Gasteiger partial charge in [0.25, 0.3) is 0 Å². The van der Waals surface area contributed by atoms with Crippen LogP contribution in [-0.2, 0) is 4.74 Å². The van der Waals surface area contributed by atoms with E-state index in [1.165, 1.54) is 29.8 Å². The summed E-state index contributed by atoms with van der Waals surface area (Å²) in [5, 5.41) is 1.03. The van der Waals surface area contributed by atoms with Crippen LogP contribution in [0.3, 0.4) is 0 Å². The van der Waals surface area contributed by atoms with E-state index < -0.39 is 5.97 Å². The van der Waals surface area contributed by atoms with Crippen LogP contribution in [0.5, 0.6) is 0 Å². The molecule has 2 N–H and O–H groups in total. The van der Waals surface area contributed by atoms with E-state index >= 15 is 0 Å². The number of nitrogens with two attached hydrogens (primary N) is 1. The number of hydrogen-bond donors (Lipinski definition) is 1. The van der Waals surface area contributed by atoms with Gasteiger partial charge in [-0.1, -0.05) is 22.9 Å². The fourth-order valence-corrected chi connectivity index (χ4v) is 3.03. The van der Waals surface area contributed by atoms with Gasteiger partial charge in [0, 0.05) is 0 Å². The molecule has 2 rings (SSSR count). The summed E-state index contributed by atoms with van der Waals surface area (Å²) >= 11 is 8.45. The Bertz CT molecular complexity index is 535. The molecule has 0 saturated heterocycles. The first-order chi connectivity index (χ1) is 7.61. The standard InChI is InChI=1S/C9H7ClN2O2S2/c1-14-9(13)6-7(11)16-8(12-6)4-2-3-5(10)15-4/h2-3H,11H2,1H3. The third-order valence-corrected chi connectivity index (χ3v) is 4.10. The average Bonchev–Trinajstić information content (AvgIpc) is 2.83. The molecule has 0 aliphatic rings. The Hall–Kier alpha value is -1.11. The minimum atomic E-state index is -0.525. The van der Waals surface area contributed by atoms with E-state index in [2.05, 4.69) is 9.72 Å². The molecule has 0 fully saturated rings. The summed E-state index contributed by atoms with van der Waals surface area (Å²) in [4.78, 5) is 16.3. The lowest BCUT2D eigenvalue weighted by atomic mass is 10.4. The van der Waals surface area contributed by atoms with E-state index in [9.17, 15) is 4.79 Å². The zero-order valence-corrected chi connectivity index (χ0v) is 10.6. The van der Waals surface area contributed by atoms with E-state index in [0.717, 1.165) is 4.88 Å². The largest absolute Gasteiger partial charge is 0.464 e. The second kappa shape index (κ2) is 4.40. The molecule has 84 valence electrons. The lowest BCUT2D eigenvalue weighted by Gasteiger charge is -1.93. The summed E-state index contributed by atoms with van der Waals surface area (Å²) in [6, 6.07) is 3.61. The molecule has 0 saturated carbocycles. The van der Waals surface area contributed by atoms with Gasteiger partial charge >= 0.3 is 5.97 Å². The van der Waals surface area contributed by atoms with Gasteiger partial charge in [-0.25, -0.2) is 9.78 Å². The van der Waals surface area contributed by atoms with Crippen LogP contribution in [0.1, 0.15) is 10.5 Å². The van der Waals surface area contributed by atoms with Crippen LogP contribution >= 0.6 is 34.3 Å². The molecule has 0 bridgehead atoms. The molecule has 7 heteroatoms. The van der Waals surface area contributed by atoms with Crippen molar-refractivity contribution in [2.24, 2.45) is 0 Å². The second-order valence-electron chi connectivity index (χ2n) is 2.83. The summed E-state index contributed by atoms with van der Waals surface area (Å²) in [6.45, 7) is 0. The van der Waals surface area contributed by atoms with Gasteiger partial charge in [0.2, 0.25) is 0 Å². The number of thiophene rings is 1.